The lowest BCUT2D eigenvalue weighted by atomic mass is 10.3. The molecule has 0 radical (unpaired) electrons. The predicted octanol–water partition coefficient (Wildman–Crippen LogP) is 4.39. The highest BCUT2D eigenvalue weighted by Crippen LogP contribution is 2.28. The van der Waals surface area contributed by atoms with Gasteiger partial charge in [-0.3, -0.25) is 14.5 Å². The zero-order valence-corrected chi connectivity index (χ0v) is 18.9. The van der Waals surface area contributed by atoms with Gasteiger partial charge in [0.25, 0.3) is 0 Å². The fourth-order valence-corrected chi connectivity index (χ4v) is 4.07. The summed E-state index contributed by atoms with van der Waals surface area (Å²) in [5, 5.41) is 9.77. The average Bonchev–Trinajstić information content (AvgIpc) is 3.49. The Morgan fingerprint density at radius 1 is 1.06 bits per heavy atom. The molecule has 4 rings (SSSR count). The van der Waals surface area contributed by atoms with E-state index < -0.39 is 0 Å². The fourth-order valence-electron chi connectivity index (χ4n) is 3.21. The predicted molar refractivity (Wildman–Crippen MR) is 131 cm³/mol. The average molecular weight is 458 g/mol. The maximum absolute atomic E-state index is 12.2. The minimum absolute atomic E-state index is 0.126. The van der Waals surface area contributed by atoms with Crippen LogP contribution in [0, 0.1) is 0 Å². The molecule has 0 atom stereocenters. The highest BCUT2D eigenvalue weighted by atomic mass is 32.1. The highest BCUT2D eigenvalue weighted by Gasteiger charge is 2.17. The van der Waals surface area contributed by atoms with Crippen LogP contribution in [0.15, 0.2) is 84.4 Å². The van der Waals surface area contributed by atoms with E-state index >= 15 is 0 Å². The summed E-state index contributed by atoms with van der Waals surface area (Å²) in [7, 11) is 0. The van der Waals surface area contributed by atoms with Crippen molar-refractivity contribution in [3.8, 4) is 5.69 Å². The summed E-state index contributed by atoms with van der Waals surface area (Å²) >= 11 is 1.35. The summed E-state index contributed by atoms with van der Waals surface area (Å²) in [6.07, 6.45) is 5.63. The number of hydrogen-bond acceptors (Lipinski definition) is 5. The summed E-state index contributed by atoms with van der Waals surface area (Å²) in [6, 6.07) is 21.2. The normalized spacial score (nSPS) is 10.9. The second kappa shape index (κ2) is 10.5. The van der Waals surface area contributed by atoms with Gasteiger partial charge in [-0.1, -0.05) is 36.4 Å². The Bertz CT molecular complexity index is 1250. The molecule has 2 aromatic carbocycles. The van der Waals surface area contributed by atoms with Crippen LogP contribution in [0.1, 0.15) is 18.3 Å². The molecule has 0 unspecified atom stereocenters. The molecule has 0 spiro atoms. The second-order valence-corrected chi connectivity index (χ2v) is 8.04. The third kappa shape index (κ3) is 5.81. The molecule has 0 fully saturated rings. The van der Waals surface area contributed by atoms with Crippen molar-refractivity contribution in [3.05, 3.63) is 95.8 Å². The molecule has 0 bridgehead atoms. The second-order valence-electron chi connectivity index (χ2n) is 7.21. The molecule has 2 amide bonds. The summed E-state index contributed by atoms with van der Waals surface area (Å²) in [4.78, 5) is 30.4. The van der Waals surface area contributed by atoms with Gasteiger partial charge in [-0.25, -0.2) is 9.67 Å². The number of benzene rings is 2. The van der Waals surface area contributed by atoms with Crippen LogP contribution in [-0.4, -0.2) is 33.1 Å². The number of nitrogens with zero attached hydrogens (tertiary/aromatic N) is 4. The number of thiazole rings is 1. The van der Waals surface area contributed by atoms with Gasteiger partial charge in [0.2, 0.25) is 11.8 Å². The Labute approximate surface area is 196 Å². The van der Waals surface area contributed by atoms with Gasteiger partial charge >= 0.3 is 0 Å². The van der Waals surface area contributed by atoms with Gasteiger partial charge in [-0.15, -0.1) is 11.3 Å². The van der Waals surface area contributed by atoms with E-state index in [-0.39, 0.29) is 11.8 Å². The van der Waals surface area contributed by atoms with E-state index in [0.29, 0.717) is 23.8 Å². The number of amides is 2. The molecule has 0 aliphatic carbocycles. The number of carbonyl (C=O) groups excluding carboxylic acids is 2. The molecular weight excluding hydrogens is 434 g/mol. The number of hydrogen-bond donors (Lipinski definition) is 1. The van der Waals surface area contributed by atoms with E-state index in [1.165, 1.54) is 24.3 Å². The van der Waals surface area contributed by atoms with Crippen molar-refractivity contribution in [3.63, 3.8) is 0 Å². The number of aromatic nitrogens is 3. The molecule has 1 N–H and O–H groups in total. The SMILES string of the molecule is CC(=O)N(c1ccccc1)c1nc(/C=C/C(=O)NCCc2ccn(-c3ccccc3)n2)cs1. The molecule has 166 valence electrons. The van der Waals surface area contributed by atoms with Gasteiger partial charge in [0.15, 0.2) is 5.13 Å². The monoisotopic (exact) mass is 457 g/mol. The first-order valence-electron chi connectivity index (χ1n) is 10.5. The molecule has 7 nitrogen and oxygen atoms in total. The topological polar surface area (TPSA) is 80.1 Å². The molecular formula is C25H23N5O2S. The quantitative estimate of drug-likeness (QED) is 0.398. The van der Waals surface area contributed by atoms with Crippen LogP contribution < -0.4 is 10.2 Å². The first-order valence-corrected chi connectivity index (χ1v) is 11.4. The van der Waals surface area contributed by atoms with E-state index in [4.69, 9.17) is 0 Å². The smallest absolute Gasteiger partial charge is 0.244 e. The number of anilines is 2. The molecule has 0 saturated carbocycles. The van der Waals surface area contributed by atoms with Crippen molar-refractivity contribution in [2.75, 3.05) is 11.4 Å². The largest absolute Gasteiger partial charge is 0.352 e. The molecule has 0 aliphatic heterocycles. The van der Waals surface area contributed by atoms with Crippen molar-refractivity contribution < 1.29 is 9.59 Å². The fraction of sp³-hybridized carbons (Fsp3) is 0.120. The van der Waals surface area contributed by atoms with Gasteiger partial charge in [0, 0.05) is 37.5 Å². The molecule has 2 aromatic heterocycles. The Morgan fingerprint density at radius 2 is 1.79 bits per heavy atom. The molecule has 2 heterocycles. The van der Waals surface area contributed by atoms with Crippen LogP contribution in [0.25, 0.3) is 11.8 Å². The first kappa shape index (κ1) is 22.2. The van der Waals surface area contributed by atoms with Crippen molar-refractivity contribution in [1.82, 2.24) is 20.1 Å². The van der Waals surface area contributed by atoms with E-state index in [1.807, 2.05) is 83.0 Å². The van der Waals surface area contributed by atoms with Gasteiger partial charge in [-0.05, 0) is 36.4 Å². The third-order valence-electron chi connectivity index (χ3n) is 4.78. The molecule has 0 saturated heterocycles. The third-order valence-corrected chi connectivity index (χ3v) is 5.63. The number of para-hydroxylation sites is 2. The van der Waals surface area contributed by atoms with E-state index in [2.05, 4.69) is 15.4 Å². The number of rotatable bonds is 8. The van der Waals surface area contributed by atoms with Crippen molar-refractivity contribution in [2.45, 2.75) is 13.3 Å². The molecule has 0 aliphatic rings. The standard InChI is InChI=1S/C25H23N5O2S/c1-19(31)30(23-10-6-3-7-11-23)25-27-21(18-33-25)12-13-24(32)26-16-14-20-15-17-29(28-20)22-8-4-2-5-9-22/h2-13,15,17-18H,14,16H2,1H3,(H,26,32)/b13-12+. The lowest BCUT2D eigenvalue weighted by Gasteiger charge is -2.17. The number of carbonyl (C=O) groups is 2. The molecule has 4 aromatic rings. The maximum Gasteiger partial charge on any atom is 0.244 e. The summed E-state index contributed by atoms with van der Waals surface area (Å²) < 4.78 is 1.82. The van der Waals surface area contributed by atoms with Crippen LogP contribution in [0.5, 0.6) is 0 Å². The van der Waals surface area contributed by atoms with Crippen molar-refractivity contribution in [2.24, 2.45) is 0 Å². The van der Waals surface area contributed by atoms with Crippen molar-refractivity contribution >= 4 is 40.0 Å². The minimum Gasteiger partial charge on any atom is -0.352 e. The van der Waals surface area contributed by atoms with Crippen LogP contribution >= 0.6 is 11.3 Å². The summed E-state index contributed by atoms with van der Waals surface area (Å²) in [5.41, 5.74) is 3.27. The van der Waals surface area contributed by atoms with E-state index in [1.54, 1.807) is 11.0 Å². The number of nitrogens with one attached hydrogen (secondary N) is 1. The summed E-state index contributed by atoms with van der Waals surface area (Å²) in [5.74, 6) is -0.336. The van der Waals surface area contributed by atoms with Gasteiger partial charge in [0.05, 0.1) is 22.8 Å². The van der Waals surface area contributed by atoms with Crippen LogP contribution in [0.3, 0.4) is 0 Å². The Kier molecular flexibility index (Phi) is 7.06. The van der Waals surface area contributed by atoms with E-state index in [0.717, 1.165) is 17.1 Å². The lowest BCUT2D eigenvalue weighted by molar-refractivity contribution is -0.117. The Balaban J connectivity index is 1.30. The van der Waals surface area contributed by atoms with Gasteiger partial charge in [-0.2, -0.15) is 5.10 Å². The minimum atomic E-state index is -0.210. The van der Waals surface area contributed by atoms with E-state index in [9.17, 15) is 9.59 Å². The zero-order chi connectivity index (χ0) is 23.0. The first-order chi connectivity index (χ1) is 16.1. The summed E-state index contributed by atoms with van der Waals surface area (Å²) in [6.45, 7) is 1.98. The highest BCUT2D eigenvalue weighted by molar-refractivity contribution is 7.14. The van der Waals surface area contributed by atoms with Crippen LogP contribution in [-0.2, 0) is 16.0 Å². The van der Waals surface area contributed by atoms with Crippen LogP contribution in [0.4, 0.5) is 10.8 Å². The lowest BCUT2D eigenvalue weighted by Crippen LogP contribution is -2.23. The zero-order valence-electron chi connectivity index (χ0n) is 18.1. The molecule has 33 heavy (non-hydrogen) atoms. The van der Waals surface area contributed by atoms with Gasteiger partial charge < -0.3 is 5.32 Å². The van der Waals surface area contributed by atoms with Crippen molar-refractivity contribution in [1.29, 1.82) is 0 Å². The van der Waals surface area contributed by atoms with Crippen LogP contribution in [0.2, 0.25) is 0 Å². The maximum atomic E-state index is 12.2. The van der Waals surface area contributed by atoms with Gasteiger partial charge in [0.1, 0.15) is 0 Å². The Morgan fingerprint density at radius 3 is 2.52 bits per heavy atom. The molecule has 8 heteroatoms. The Hall–Kier alpha value is -4.04.